The molecule has 0 amide bonds. The molecule has 1 aliphatic rings. The molecule has 1 aromatic heterocycles. The molecule has 0 saturated carbocycles. The molecule has 3 rings (SSSR count). The molecule has 1 aliphatic carbocycles. The number of allylic oxidation sites excluding steroid dienone is 3. The molecule has 1 aromatic carbocycles. The number of nitrogens with one attached hydrogen (secondary N) is 1. The Morgan fingerprint density at radius 2 is 2.10 bits per heavy atom. The van der Waals surface area contributed by atoms with Crippen molar-refractivity contribution in [2.75, 3.05) is 0 Å². The molecule has 0 saturated heterocycles. The van der Waals surface area contributed by atoms with Gasteiger partial charge in [-0.15, -0.1) is 0 Å². The van der Waals surface area contributed by atoms with E-state index in [-0.39, 0.29) is 5.92 Å². The second kappa shape index (κ2) is 5.66. The van der Waals surface area contributed by atoms with Gasteiger partial charge in [-0.3, -0.25) is 5.41 Å². The third kappa shape index (κ3) is 2.63. The van der Waals surface area contributed by atoms with Crippen LogP contribution in [0.5, 0.6) is 0 Å². The van der Waals surface area contributed by atoms with E-state index >= 15 is 0 Å². The zero-order valence-electron chi connectivity index (χ0n) is 11.8. The summed E-state index contributed by atoms with van der Waals surface area (Å²) < 4.78 is 4.78. The highest BCUT2D eigenvalue weighted by Crippen LogP contribution is 2.24. The van der Waals surface area contributed by atoms with Gasteiger partial charge in [-0.05, 0) is 18.6 Å². The standard InChI is InChI=1S/C16H18BrN3O/c1-19-13-4-2-3-5-14(13)20(16(19)18)10-15(21)11-6-8-12(17)9-7-11/h2-6,8-9,11,15,18,21H,7,10H2,1H3. The summed E-state index contributed by atoms with van der Waals surface area (Å²) >= 11 is 3.43. The zero-order valence-corrected chi connectivity index (χ0v) is 13.4. The van der Waals surface area contributed by atoms with E-state index in [9.17, 15) is 5.11 Å². The summed E-state index contributed by atoms with van der Waals surface area (Å²) in [5.41, 5.74) is 2.41. The second-order valence-electron chi connectivity index (χ2n) is 5.40. The topological polar surface area (TPSA) is 53.9 Å². The molecular formula is C16H18BrN3O. The fourth-order valence-corrected chi connectivity index (χ4v) is 3.13. The van der Waals surface area contributed by atoms with Gasteiger partial charge in [0.2, 0.25) is 5.62 Å². The van der Waals surface area contributed by atoms with Crippen molar-refractivity contribution >= 4 is 27.0 Å². The third-order valence-corrected chi connectivity index (χ3v) is 4.65. The smallest absolute Gasteiger partial charge is 0.202 e. The molecule has 0 bridgehead atoms. The lowest BCUT2D eigenvalue weighted by Gasteiger charge is -2.21. The highest BCUT2D eigenvalue weighted by Gasteiger charge is 2.20. The van der Waals surface area contributed by atoms with Crippen LogP contribution in [0.4, 0.5) is 0 Å². The Morgan fingerprint density at radius 1 is 1.38 bits per heavy atom. The molecule has 1 heterocycles. The van der Waals surface area contributed by atoms with Crippen LogP contribution in [0.15, 0.2) is 47.0 Å². The molecule has 0 spiro atoms. The average molecular weight is 348 g/mol. The number of imidazole rings is 1. The van der Waals surface area contributed by atoms with Crippen molar-refractivity contribution in [3.8, 4) is 0 Å². The molecule has 5 heteroatoms. The van der Waals surface area contributed by atoms with Crippen LogP contribution >= 0.6 is 15.9 Å². The number of aryl methyl sites for hydroxylation is 1. The summed E-state index contributed by atoms with van der Waals surface area (Å²) in [5.74, 6) is 0.0946. The van der Waals surface area contributed by atoms with Crippen LogP contribution in [-0.4, -0.2) is 20.3 Å². The van der Waals surface area contributed by atoms with Gasteiger partial charge in [-0.2, -0.15) is 0 Å². The number of hydrogen-bond donors (Lipinski definition) is 2. The molecule has 2 unspecified atom stereocenters. The molecule has 0 radical (unpaired) electrons. The number of benzene rings is 1. The number of halogens is 1. The van der Waals surface area contributed by atoms with Crippen LogP contribution in [0, 0.1) is 11.3 Å². The van der Waals surface area contributed by atoms with Crippen molar-refractivity contribution in [1.29, 1.82) is 5.41 Å². The Hall–Kier alpha value is -1.59. The van der Waals surface area contributed by atoms with Gasteiger partial charge in [0.25, 0.3) is 0 Å². The second-order valence-corrected chi connectivity index (χ2v) is 6.31. The Labute approximate surface area is 131 Å². The van der Waals surface area contributed by atoms with Crippen molar-refractivity contribution < 1.29 is 5.11 Å². The van der Waals surface area contributed by atoms with E-state index in [1.54, 1.807) is 0 Å². The van der Waals surface area contributed by atoms with Crippen LogP contribution in [0.3, 0.4) is 0 Å². The Balaban J connectivity index is 1.90. The first-order valence-electron chi connectivity index (χ1n) is 6.98. The summed E-state index contributed by atoms with van der Waals surface area (Å²) in [6.45, 7) is 0.431. The first-order valence-corrected chi connectivity index (χ1v) is 7.78. The minimum absolute atomic E-state index is 0.0946. The first kappa shape index (κ1) is 14.4. The largest absolute Gasteiger partial charge is 0.391 e. The molecule has 2 aromatic rings. The molecule has 2 N–H and O–H groups in total. The van der Waals surface area contributed by atoms with Crippen molar-refractivity contribution in [1.82, 2.24) is 9.13 Å². The van der Waals surface area contributed by atoms with E-state index in [1.165, 1.54) is 0 Å². The van der Waals surface area contributed by atoms with E-state index in [2.05, 4.69) is 22.0 Å². The van der Waals surface area contributed by atoms with Crippen molar-refractivity contribution in [3.05, 3.63) is 52.6 Å². The van der Waals surface area contributed by atoms with E-state index in [0.29, 0.717) is 12.2 Å². The number of fused-ring (bicyclic) bond motifs is 1. The fourth-order valence-electron chi connectivity index (χ4n) is 2.79. The lowest BCUT2D eigenvalue weighted by molar-refractivity contribution is 0.111. The van der Waals surface area contributed by atoms with Crippen molar-refractivity contribution in [2.45, 2.75) is 19.1 Å². The van der Waals surface area contributed by atoms with E-state index in [1.807, 2.05) is 52.6 Å². The molecular weight excluding hydrogens is 330 g/mol. The van der Waals surface area contributed by atoms with Gasteiger partial charge in [0.1, 0.15) is 0 Å². The van der Waals surface area contributed by atoms with Gasteiger partial charge >= 0.3 is 0 Å². The van der Waals surface area contributed by atoms with E-state index in [0.717, 1.165) is 21.9 Å². The quantitative estimate of drug-likeness (QED) is 0.881. The molecule has 4 nitrogen and oxygen atoms in total. The Kier molecular flexibility index (Phi) is 3.87. The van der Waals surface area contributed by atoms with Gasteiger partial charge < -0.3 is 14.2 Å². The number of aliphatic hydroxyl groups excluding tert-OH is 1. The van der Waals surface area contributed by atoms with E-state index in [4.69, 9.17) is 5.41 Å². The Bertz CT molecular complexity index is 784. The van der Waals surface area contributed by atoms with Gasteiger partial charge in [-0.1, -0.05) is 46.3 Å². The van der Waals surface area contributed by atoms with Crippen LogP contribution < -0.4 is 5.62 Å². The summed E-state index contributed by atoms with van der Waals surface area (Å²) in [5, 5.41) is 18.7. The first-order chi connectivity index (χ1) is 10.1. The van der Waals surface area contributed by atoms with Gasteiger partial charge in [-0.25, -0.2) is 0 Å². The highest BCUT2D eigenvalue weighted by molar-refractivity contribution is 9.11. The maximum absolute atomic E-state index is 10.5. The molecule has 2 atom stereocenters. The number of aromatic nitrogens is 2. The lowest BCUT2D eigenvalue weighted by Crippen LogP contribution is -2.31. The number of rotatable bonds is 3. The maximum Gasteiger partial charge on any atom is 0.202 e. The highest BCUT2D eigenvalue weighted by atomic mass is 79.9. The normalized spacial score (nSPS) is 19.8. The van der Waals surface area contributed by atoms with Crippen LogP contribution in [0.2, 0.25) is 0 Å². The predicted molar refractivity (Wildman–Crippen MR) is 87.0 cm³/mol. The summed E-state index contributed by atoms with van der Waals surface area (Å²) in [4.78, 5) is 0. The summed E-state index contributed by atoms with van der Waals surface area (Å²) in [7, 11) is 1.88. The monoisotopic (exact) mass is 347 g/mol. The minimum atomic E-state index is -0.502. The third-order valence-electron chi connectivity index (χ3n) is 4.06. The van der Waals surface area contributed by atoms with Crippen molar-refractivity contribution in [2.24, 2.45) is 13.0 Å². The number of para-hydroxylation sites is 2. The number of hydrogen-bond acceptors (Lipinski definition) is 2. The fraction of sp³-hybridized carbons (Fsp3) is 0.312. The zero-order chi connectivity index (χ0) is 15.0. The Morgan fingerprint density at radius 3 is 2.76 bits per heavy atom. The molecule has 0 fully saturated rings. The summed E-state index contributed by atoms with van der Waals surface area (Å²) in [6, 6.07) is 7.92. The predicted octanol–water partition coefficient (Wildman–Crippen LogP) is 2.68. The average Bonchev–Trinajstić information content (AvgIpc) is 2.73. The minimum Gasteiger partial charge on any atom is -0.391 e. The molecule has 110 valence electrons. The van der Waals surface area contributed by atoms with Crippen LogP contribution in [-0.2, 0) is 13.6 Å². The van der Waals surface area contributed by atoms with Gasteiger partial charge in [0.05, 0.1) is 23.7 Å². The lowest BCUT2D eigenvalue weighted by atomic mass is 9.94. The van der Waals surface area contributed by atoms with Gasteiger partial charge in [0.15, 0.2) is 0 Å². The van der Waals surface area contributed by atoms with Crippen LogP contribution in [0.1, 0.15) is 6.42 Å². The van der Waals surface area contributed by atoms with Gasteiger partial charge in [0, 0.05) is 17.4 Å². The molecule has 21 heavy (non-hydrogen) atoms. The maximum atomic E-state index is 10.5. The van der Waals surface area contributed by atoms with Crippen molar-refractivity contribution in [3.63, 3.8) is 0 Å². The summed E-state index contributed by atoms with van der Waals surface area (Å²) in [6.07, 6.45) is 6.40. The van der Waals surface area contributed by atoms with Crippen LogP contribution in [0.25, 0.3) is 11.0 Å². The SMILES string of the molecule is Cn1c(=N)n(CC(O)C2C=CC(Br)=CC2)c2ccccc21. The number of nitrogens with zero attached hydrogens (tertiary/aromatic N) is 2. The number of aliphatic hydroxyl groups is 1. The van der Waals surface area contributed by atoms with E-state index < -0.39 is 6.10 Å². The molecule has 0 aliphatic heterocycles.